The van der Waals surface area contributed by atoms with Crippen LogP contribution < -0.4 is 5.73 Å². The van der Waals surface area contributed by atoms with Crippen LogP contribution in [0.25, 0.3) is 0 Å². The Hall–Kier alpha value is -0.0800. The van der Waals surface area contributed by atoms with Crippen LogP contribution in [0.3, 0.4) is 0 Å². The summed E-state index contributed by atoms with van der Waals surface area (Å²) in [5, 5.41) is 0. The van der Waals surface area contributed by atoms with Crippen LogP contribution in [-0.4, -0.2) is 30.1 Å². The first-order chi connectivity index (χ1) is 8.13. The fraction of sp³-hybridized carbons (Fsp3) is 1.00. The van der Waals surface area contributed by atoms with Gasteiger partial charge in [-0.15, -0.1) is 0 Å². The lowest BCUT2D eigenvalue weighted by Crippen LogP contribution is -2.60. The van der Waals surface area contributed by atoms with Gasteiger partial charge >= 0.3 is 0 Å². The highest BCUT2D eigenvalue weighted by Gasteiger charge is 2.45. The van der Waals surface area contributed by atoms with Gasteiger partial charge in [0.1, 0.15) is 0 Å². The molecule has 1 rings (SSSR count). The molecule has 0 bridgehead atoms. The summed E-state index contributed by atoms with van der Waals surface area (Å²) in [5.74, 6) is 1.46. The second-order valence-corrected chi connectivity index (χ2v) is 7.88. The molecule has 1 aliphatic carbocycles. The first kappa shape index (κ1) is 16.0. The molecule has 2 heteroatoms. The van der Waals surface area contributed by atoms with Gasteiger partial charge in [-0.3, -0.25) is 4.90 Å². The molecule has 3 atom stereocenters. The average molecular weight is 254 g/mol. The number of likely N-dealkylation sites (N-methyl/N-ethyl adjacent to an activating group) is 1. The molecular weight excluding hydrogens is 220 g/mol. The molecule has 3 unspecified atom stereocenters. The SMILES string of the molecule is CC1CC(C)(C)CC(CN)(N(C)C(C)C(C)C)C1. The smallest absolute Gasteiger partial charge is 0.0339 e. The number of hydrogen-bond acceptors (Lipinski definition) is 2. The van der Waals surface area contributed by atoms with Crippen molar-refractivity contribution in [2.24, 2.45) is 23.0 Å². The first-order valence-electron chi connectivity index (χ1n) is 7.56. The Morgan fingerprint density at radius 2 is 1.78 bits per heavy atom. The normalized spacial score (nSPS) is 34.0. The summed E-state index contributed by atoms with van der Waals surface area (Å²) < 4.78 is 0. The maximum atomic E-state index is 6.22. The zero-order valence-corrected chi connectivity index (χ0v) is 13.6. The lowest BCUT2D eigenvalue weighted by Gasteiger charge is -2.54. The van der Waals surface area contributed by atoms with E-state index in [0.717, 1.165) is 12.5 Å². The summed E-state index contributed by atoms with van der Waals surface area (Å²) in [5.41, 5.74) is 6.84. The van der Waals surface area contributed by atoms with Crippen LogP contribution in [0.4, 0.5) is 0 Å². The third-order valence-electron chi connectivity index (χ3n) is 5.14. The lowest BCUT2D eigenvalue weighted by atomic mass is 9.63. The Labute approximate surface area is 114 Å². The lowest BCUT2D eigenvalue weighted by molar-refractivity contribution is -0.0256. The van der Waals surface area contributed by atoms with Crippen LogP contribution in [-0.2, 0) is 0 Å². The largest absolute Gasteiger partial charge is 0.329 e. The predicted octanol–water partition coefficient (Wildman–Crippen LogP) is 3.51. The molecule has 0 aromatic heterocycles. The first-order valence-corrected chi connectivity index (χ1v) is 7.56. The van der Waals surface area contributed by atoms with E-state index in [2.05, 4.69) is 53.5 Å². The fourth-order valence-corrected chi connectivity index (χ4v) is 4.15. The molecule has 0 heterocycles. The van der Waals surface area contributed by atoms with Gasteiger partial charge in [0.2, 0.25) is 0 Å². The van der Waals surface area contributed by atoms with E-state index in [1.807, 2.05) is 0 Å². The molecule has 1 aliphatic rings. The molecule has 2 nitrogen and oxygen atoms in total. The minimum atomic E-state index is 0.199. The minimum absolute atomic E-state index is 0.199. The fourth-order valence-electron chi connectivity index (χ4n) is 4.15. The monoisotopic (exact) mass is 254 g/mol. The molecular formula is C16H34N2. The zero-order valence-electron chi connectivity index (χ0n) is 13.6. The maximum absolute atomic E-state index is 6.22. The van der Waals surface area contributed by atoms with Crippen molar-refractivity contribution in [2.45, 2.75) is 72.4 Å². The minimum Gasteiger partial charge on any atom is -0.329 e. The van der Waals surface area contributed by atoms with E-state index in [1.54, 1.807) is 0 Å². The van der Waals surface area contributed by atoms with Crippen molar-refractivity contribution in [1.29, 1.82) is 0 Å². The summed E-state index contributed by atoms with van der Waals surface area (Å²) in [6, 6.07) is 0.592. The van der Waals surface area contributed by atoms with Crippen molar-refractivity contribution < 1.29 is 0 Å². The van der Waals surface area contributed by atoms with Gasteiger partial charge in [-0.25, -0.2) is 0 Å². The Kier molecular flexibility index (Phi) is 4.88. The zero-order chi connectivity index (χ0) is 14.1. The molecule has 1 fully saturated rings. The van der Waals surface area contributed by atoms with Gasteiger partial charge in [-0.05, 0) is 50.5 Å². The van der Waals surface area contributed by atoms with Gasteiger partial charge in [0.15, 0.2) is 0 Å². The summed E-state index contributed by atoms with van der Waals surface area (Å²) >= 11 is 0. The number of hydrogen-bond donors (Lipinski definition) is 1. The molecule has 2 N–H and O–H groups in total. The van der Waals surface area contributed by atoms with Crippen molar-refractivity contribution >= 4 is 0 Å². The van der Waals surface area contributed by atoms with E-state index in [4.69, 9.17) is 5.73 Å². The molecule has 0 aromatic carbocycles. The standard InChI is InChI=1S/C16H34N2/c1-12(2)14(4)18(7)16(11-17)9-13(3)8-15(5,6)10-16/h12-14H,8-11,17H2,1-7H3. The van der Waals surface area contributed by atoms with Crippen LogP contribution in [0.15, 0.2) is 0 Å². The highest BCUT2D eigenvalue weighted by molar-refractivity contribution is 5.01. The van der Waals surface area contributed by atoms with Crippen LogP contribution in [0, 0.1) is 17.3 Å². The predicted molar refractivity (Wildman–Crippen MR) is 80.6 cm³/mol. The van der Waals surface area contributed by atoms with E-state index < -0.39 is 0 Å². The van der Waals surface area contributed by atoms with Gasteiger partial charge < -0.3 is 5.73 Å². The van der Waals surface area contributed by atoms with Crippen molar-refractivity contribution in [1.82, 2.24) is 4.90 Å². The summed E-state index contributed by atoms with van der Waals surface area (Å²) in [6.07, 6.45) is 3.81. The van der Waals surface area contributed by atoms with E-state index in [0.29, 0.717) is 17.4 Å². The quantitative estimate of drug-likeness (QED) is 0.832. The summed E-state index contributed by atoms with van der Waals surface area (Å²) in [6.45, 7) is 14.9. The third kappa shape index (κ3) is 3.27. The Bertz CT molecular complexity index is 272. The van der Waals surface area contributed by atoms with Gasteiger partial charge in [-0.2, -0.15) is 0 Å². The van der Waals surface area contributed by atoms with Crippen molar-refractivity contribution in [2.75, 3.05) is 13.6 Å². The average Bonchev–Trinajstić information content (AvgIpc) is 2.23. The van der Waals surface area contributed by atoms with Crippen LogP contribution in [0.5, 0.6) is 0 Å². The van der Waals surface area contributed by atoms with Crippen molar-refractivity contribution in [3.8, 4) is 0 Å². The second-order valence-electron chi connectivity index (χ2n) is 7.88. The van der Waals surface area contributed by atoms with E-state index in [1.165, 1.54) is 19.3 Å². The Balaban J connectivity index is 2.97. The van der Waals surface area contributed by atoms with Gasteiger partial charge in [0, 0.05) is 18.1 Å². The molecule has 1 saturated carbocycles. The Morgan fingerprint density at radius 1 is 1.22 bits per heavy atom. The van der Waals surface area contributed by atoms with Crippen LogP contribution >= 0.6 is 0 Å². The van der Waals surface area contributed by atoms with Crippen LogP contribution in [0.1, 0.15) is 60.8 Å². The second kappa shape index (κ2) is 5.50. The third-order valence-corrected chi connectivity index (χ3v) is 5.14. The Morgan fingerprint density at radius 3 is 2.17 bits per heavy atom. The molecule has 0 aliphatic heterocycles. The van der Waals surface area contributed by atoms with Gasteiger partial charge in [-0.1, -0.05) is 34.6 Å². The maximum Gasteiger partial charge on any atom is 0.0339 e. The van der Waals surface area contributed by atoms with Crippen molar-refractivity contribution in [3.63, 3.8) is 0 Å². The topological polar surface area (TPSA) is 29.3 Å². The van der Waals surface area contributed by atoms with Gasteiger partial charge in [0.25, 0.3) is 0 Å². The molecule has 0 spiro atoms. The molecule has 108 valence electrons. The van der Waals surface area contributed by atoms with E-state index in [-0.39, 0.29) is 5.54 Å². The molecule has 18 heavy (non-hydrogen) atoms. The van der Waals surface area contributed by atoms with E-state index >= 15 is 0 Å². The highest BCUT2D eigenvalue weighted by atomic mass is 15.2. The number of nitrogens with two attached hydrogens (primary N) is 1. The van der Waals surface area contributed by atoms with Crippen LogP contribution in [0.2, 0.25) is 0 Å². The molecule has 0 aromatic rings. The number of nitrogens with zero attached hydrogens (tertiary/aromatic N) is 1. The summed E-state index contributed by atoms with van der Waals surface area (Å²) in [7, 11) is 2.28. The van der Waals surface area contributed by atoms with E-state index in [9.17, 15) is 0 Å². The number of rotatable bonds is 4. The molecule has 0 amide bonds. The molecule has 0 radical (unpaired) electrons. The highest BCUT2D eigenvalue weighted by Crippen LogP contribution is 2.46. The van der Waals surface area contributed by atoms with Crippen molar-refractivity contribution in [3.05, 3.63) is 0 Å². The van der Waals surface area contributed by atoms with Gasteiger partial charge in [0.05, 0.1) is 0 Å². The summed E-state index contributed by atoms with van der Waals surface area (Å²) in [4.78, 5) is 2.58. The molecule has 0 saturated heterocycles.